The van der Waals surface area contributed by atoms with Crippen molar-refractivity contribution in [3.8, 4) is 22.4 Å². The smallest absolute Gasteiger partial charge is 0.160 e. The number of aromatic amines is 1. The number of aromatic nitrogens is 5. The van der Waals surface area contributed by atoms with E-state index >= 15 is 0 Å². The van der Waals surface area contributed by atoms with Crippen molar-refractivity contribution in [2.45, 2.75) is 19.8 Å². The maximum atomic E-state index is 6.12. The summed E-state index contributed by atoms with van der Waals surface area (Å²) in [6.07, 6.45) is 3.96. The van der Waals surface area contributed by atoms with Crippen molar-refractivity contribution in [3.63, 3.8) is 0 Å². The van der Waals surface area contributed by atoms with Crippen LogP contribution in [0.15, 0.2) is 48.8 Å². The van der Waals surface area contributed by atoms with Crippen LogP contribution in [0.1, 0.15) is 25.6 Å². The van der Waals surface area contributed by atoms with E-state index in [1.54, 1.807) is 0 Å². The average Bonchev–Trinajstić information content (AvgIpc) is 3.21. The van der Waals surface area contributed by atoms with E-state index < -0.39 is 0 Å². The van der Waals surface area contributed by atoms with Gasteiger partial charge in [0.2, 0.25) is 0 Å². The van der Waals surface area contributed by atoms with Crippen molar-refractivity contribution in [3.05, 3.63) is 59.6 Å². The van der Waals surface area contributed by atoms with E-state index in [1.165, 1.54) is 0 Å². The molecule has 0 aliphatic rings. The standard InChI is InChI=1S/C18H16ClN5/c1-11(2)18-23-21-16-7-6-13(10-24(16)18)15-9-20-22-17(15)12-4-3-5-14(19)8-12/h3-11H,1-2H3,(H,20,22). The fraction of sp³-hybridized carbons (Fsp3) is 0.167. The quantitative estimate of drug-likeness (QED) is 0.596. The summed E-state index contributed by atoms with van der Waals surface area (Å²) >= 11 is 6.12. The van der Waals surface area contributed by atoms with Gasteiger partial charge in [-0.1, -0.05) is 37.6 Å². The molecule has 0 spiro atoms. The number of hydrogen-bond acceptors (Lipinski definition) is 3. The number of pyridine rings is 1. The number of H-pyrrole nitrogens is 1. The summed E-state index contributed by atoms with van der Waals surface area (Å²) in [4.78, 5) is 0. The van der Waals surface area contributed by atoms with Crippen molar-refractivity contribution < 1.29 is 0 Å². The molecule has 0 unspecified atom stereocenters. The summed E-state index contributed by atoms with van der Waals surface area (Å²) in [5, 5.41) is 16.6. The lowest BCUT2D eigenvalue weighted by molar-refractivity contribution is 0.759. The number of benzene rings is 1. The molecule has 0 aliphatic heterocycles. The van der Waals surface area contributed by atoms with Crippen LogP contribution in [-0.4, -0.2) is 24.8 Å². The van der Waals surface area contributed by atoms with Crippen molar-refractivity contribution in [1.29, 1.82) is 0 Å². The van der Waals surface area contributed by atoms with Gasteiger partial charge in [0.25, 0.3) is 0 Å². The number of halogens is 1. The maximum absolute atomic E-state index is 6.12. The van der Waals surface area contributed by atoms with Crippen LogP contribution in [-0.2, 0) is 0 Å². The van der Waals surface area contributed by atoms with Crippen LogP contribution in [0.4, 0.5) is 0 Å². The molecule has 3 aromatic heterocycles. The van der Waals surface area contributed by atoms with Gasteiger partial charge < -0.3 is 0 Å². The minimum absolute atomic E-state index is 0.298. The fourth-order valence-electron chi connectivity index (χ4n) is 2.83. The van der Waals surface area contributed by atoms with Crippen LogP contribution in [0.5, 0.6) is 0 Å². The molecule has 4 aromatic rings. The Morgan fingerprint density at radius 1 is 1.08 bits per heavy atom. The van der Waals surface area contributed by atoms with Gasteiger partial charge in [0.15, 0.2) is 5.65 Å². The second kappa shape index (κ2) is 5.76. The Hall–Kier alpha value is -2.66. The Balaban J connectivity index is 1.87. The van der Waals surface area contributed by atoms with Crippen LogP contribution >= 0.6 is 11.6 Å². The number of nitrogens with zero attached hydrogens (tertiary/aromatic N) is 4. The van der Waals surface area contributed by atoms with Gasteiger partial charge in [-0.2, -0.15) is 5.10 Å². The Morgan fingerprint density at radius 2 is 1.96 bits per heavy atom. The van der Waals surface area contributed by atoms with E-state index in [0.29, 0.717) is 10.9 Å². The summed E-state index contributed by atoms with van der Waals surface area (Å²) in [7, 11) is 0. The maximum Gasteiger partial charge on any atom is 0.160 e. The molecule has 0 saturated carbocycles. The highest BCUT2D eigenvalue weighted by Crippen LogP contribution is 2.31. The van der Waals surface area contributed by atoms with Crippen molar-refractivity contribution in [1.82, 2.24) is 24.8 Å². The Labute approximate surface area is 144 Å². The summed E-state index contributed by atoms with van der Waals surface area (Å²) in [6, 6.07) is 11.7. The number of fused-ring (bicyclic) bond motifs is 1. The van der Waals surface area contributed by atoms with E-state index in [4.69, 9.17) is 11.6 Å². The van der Waals surface area contributed by atoms with E-state index in [-0.39, 0.29) is 0 Å². The highest BCUT2D eigenvalue weighted by atomic mass is 35.5. The molecule has 0 atom stereocenters. The SMILES string of the molecule is CC(C)c1nnc2ccc(-c3c[nH]nc3-c3cccc(Cl)c3)cn12. The zero-order valence-electron chi connectivity index (χ0n) is 13.4. The van der Waals surface area contributed by atoms with E-state index in [1.807, 2.05) is 47.0 Å². The topological polar surface area (TPSA) is 58.9 Å². The lowest BCUT2D eigenvalue weighted by Gasteiger charge is -2.07. The van der Waals surface area contributed by atoms with Gasteiger partial charge >= 0.3 is 0 Å². The third-order valence-corrected chi connectivity index (χ3v) is 4.23. The number of hydrogen-bond donors (Lipinski definition) is 1. The molecule has 3 heterocycles. The zero-order chi connectivity index (χ0) is 16.7. The minimum atomic E-state index is 0.298. The molecule has 5 nitrogen and oxygen atoms in total. The van der Waals surface area contributed by atoms with Gasteiger partial charge in [-0.3, -0.25) is 9.50 Å². The second-order valence-corrected chi connectivity index (χ2v) is 6.45. The van der Waals surface area contributed by atoms with Crippen molar-refractivity contribution in [2.75, 3.05) is 0 Å². The monoisotopic (exact) mass is 337 g/mol. The summed E-state index contributed by atoms with van der Waals surface area (Å²) in [5.74, 6) is 1.24. The normalized spacial score (nSPS) is 11.5. The Bertz CT molecular complexity index is 1020. The number of rotatable bonds is 3. The molecule has 0 amide bonds. The van der Waals surface area contributed by atoms with Crippen LogP contribution < -0.4 is 0 Å². The predicted octanol–water partition coefficient (Wildman–Crippen LogP) is 4.56. The van der Waals surface area contributed by atoms with Gasteiger partial charge in [-0.25, -0.2) is 0 Å². The Morgan fingerprint density at radius 3 is 2.75 bits per heavy atom. The third kappa shape index (κ3) is 2.47. The molecule has 0 saturated heterocycles. The lowest BCUT2D eigenvalue weighted by Crippen LogP contribution is -1.97. The van der Waals surface area contributed by atoms with Gasteiger partial charge in [-0.15, -0.1) is 10.2 Å². The summed E-state index contributed by atoms with van der Waals surface area (Å²) < 4.78 is 2.04. The van der Waals surface area contributed by atoms with Crippen LogP contribution in [0.3, 0.4) is 0 Å². The fourth-order valence-corrected chi connectivity index (χ4v) is 3.02. The Kier molecular flexibility index (Phi) is 3.58. The molecular weight excluding hydrogens is 322 g/mol. The molecule has 24 heavy (non-hydrogen) atoms. The minimum Gasteiger partial charge on any atom is -0.286 e. The predicted molar refractivity (Wildman–Crippen MR) is 95.1 cm³/mol. The van der Waals surface area contributed by atoms with Crippen LogP contribution in [0, 0.1) is 0 Å². The number of nitrogens with one attached hydrogen (secondary N) is 1. The molecular formula is C18H16ClN5. The molecule has 1 aromatic carbocycles. The second-order valence-electron chi connectivity index (χ2n) is 6.02. The van der Waals surface area contributed by atoms with E-state index in [0.717, 1.165) is 33.9 Å². The first-order chi connectivity index (χ1) is 11.6. The van der Waals surface area contributed by atoms with E-state index in [9.17, 15) is 0 Å². The molecule has 0 aliphatic carbocycles. The average molecular weight is 338 g/mol. The first kappa shape index (κ1) is 14.9. The summed E-state index contributed by atoms with van der Waals surface area (Å²) in [5.41, 5.74) is 4.76. The molecule has 0 bridgehead atoms. The van der Waals surface area contributed by atoms with Crippen molar-refractivity contribution in [2.24, 2.45) is 0 Å². The van der Waals surface area contributed by atoms with E-state index in [2.05, 4.69) is 40.4 Å². The highest BCUT2D eigenvalue weighted by molar-refractivity contribution is 6.30. The molecule has 4 rings (SSSR count). The lowest BCUT2D eigenvalue weighted by atomic mass is 10.0. The largest absolute Gasteiger partial charge is 0.286 e. The van der Waals surface area contributed by atoms with Crippen LogP contribution in [0.25, 0.3) is 28.0 Å². The molecule has 120 valence electrons. The van der Waals surface area contributed by atoms with Gasteiger partial charge in [-0.05, 0) is 24.3 Å². The molecule has 0 fully saturated rings. The molecule has 1 N–H and O–H groups in total. The first-order valence-corrected chi connectivity index (χ1v) is 8.16. The molecule has 0 radical (unpaired) electrons. The third-order valence-electron chi connectivity index (χ3n) is 3.99. The highest BCUT2D eigenvalue weighted by Gasteiger charge is 2.14. The van der Waals surface area contributed by atoms with Crippen LogP contribution in [0.2, 0.25) is 5.02 Å². The zero-order valence-corrected chi connectivity index (χ0v) is 14.1. The van der Waals surface area contributed by atoms with Gasteiger partial charge in [0, 0.05) is 40.0 Å². The van der Waals surface area contributed by atoms with Gasteiger partial charge in [0.05, 0.1) is 5.69 Å². The first-order valence-electron chi connectivity index (χ1n) is 7.78. The van der Waals surface area contributed by atoms with Gasteiger partial charge in [0.1, 0.15) is 5.82 Å². The summed E-state index contributed by atoms with van der Waals surface area (Å²) in [6.45, 7) is 4.22. The van der Waals surface area contributed by atoms with Crippen molar-refractivity contribution >= 4 is 17.2 Å². The molecule has 6 heteroatoms.